The van der Waals surface area contributed by atoms with E-state index in [2.05, 4.69) is 0 Å². The maximum Gasteiger partial charge on any atom is 0.303 e. The summed E-state index contributed by atoms with van der Waals surface area (Å²) in [7, 11) is 0. The highest BCUT2D eigenvalue weighted by molar-refractivity contribution is 5.67. The molecule has 2 N–H and O–H groups in total. The molecule has 0 spiro atoms. The fourth-order valence-electron chi connectivity index (χ4n) is 1.13. The zero-order valence-corrected chi connectivity index (χ0v) is 5.53. The number of aliphatic hydroxyl groups excluding tert-OH is 1. The van der Waals surface area contributed by atoms with Crippen molar-refractivity contribution in [2.24, 2.45) is 5.92 Å². The molecule has 0 saturated heterocycles. The lowest BCUT2D eigenvalue weighted by molar-refractivity contribution is -0.137. The van der Waals surface area contributed by atoms with E-state index >= 15 is 0 Å². The highest BCUT2D eigenvalue weighted by Gasteiger charge is 2.18. The molecule has 0 aromatic carbocycles. The van der Waals surface area contributed by atoms with Gasteiger partial charge in [0, 0.05) is 0 Å². The summed E-state index contributed by atoms with van der Waals surface area (Å²) in [6, 6.07) is 0. The molecular weight excluding hydrogens is 132 g/mol. The molecule has 1 rings (SSSR count). The van der Waals surface area contributed by atoms with Gasteiger partial charge in [-0.1, -0.05) is 12.2 Å². The predicted molar refractivity (Wildman–Crippen MR) is 35.5 cm³/mol. The van der Waals surface area contributed by atoms with E-state index in [-0.39, 0.29) is 12.3 Å². The first kappa shape index (κ1) is 7.28. The van der Waals surface area contributed by atoms with Crippen LogP contribution in [-0.4, -0.2) is 22.3 Å². The van der Waals surface area contributed by atoms with Gasteiger partial charge in [0.25, 0.3) is 0 Å². The van der Waals surface area contributed by atoms with Crippen LogP contribution < -0.4 is 0 Å². The van der Waals surface area contributed by atoms with Crippen LogP contribution in [-0.2, 0) is 4.79 Å². The highest BCUT2D eigenvalue weighted by Crippen LogP contribution is 2.20. The van der Waals surface area contributed by atoms with Crippen molar-refractivity contribution in [1.82, 2.24) is 0 Å². The van der Waals surface area contributed by atoms with Gasteiger partial charge in [-0.3, -0.25) is 4.79 Å². The van der Waals surface area contributed by atoms with Gasteiger partial charge in [0.15, 0.2) is 0 Å². The number of rotatable bonds is 2. The van der Waals surface area contributed by atoms with E-state index in [0.717, 1.165) is 0 Å². The van der Waals surface area contributed by atoms with Gasteiger partial charge in [0.2, 0.25) is 0 Å². The zero-order valence-electron chi connectivity index (χ0n) is 5.53. The molecule has 3 heteroatoms. The number of hydrogen-bond donors (Lipinski definition) is 2. The van der Waals surface area contributed by atoms with Crippen LogP contribution in [0.2, 0.25) is 0 Å². The van der Waals surface area contributed by atoms with Gasteiger partial charge in [0.1, 0.15) is 0 Å². The molecule has 0 amide bonds. The summed E-state index contributed by atoms with van der Waals surface area (Å²) in [6.45, 7) is 0. The largest absolute Gasteiger partial charge is 0.481 e. The number of carbonyl (C=O) groups is 1. The molecule has 0 heterocycles. The molecule has 3 nitrogen and oxygen atoms in total. The molecule has 0 aromatic heterocycles. The molecule has 0 aromatic rings. The molecule has 10 heavy (non-hydrogen) atoms. The average Bonchev–Trinajstić information content (AvgIpc) is 2.13. The lowest BCUT2D eigenvalue weighted by Crippen LogP contribution is -2.06. The van der Waals surface area contributed by atoms with Gasteiger partial charge in [-0.25, -0.2) is 0 Å². The predicted octanol–water partition coefficient (Wildman–Crippen LogP) is 0.398. The smallest absolute Gasteiger partial charge is 0.303 e. The molecule has 1 aliphatic rings. The Hall–Kier alpha value is -0.830. The zero-order chi connectivity index (χ0) is 7.56. The highest BCUT2D eigenvalue weighted by atomic mass is 16.4. The minimum atomic E-state index is -0.802. The minimum Gasteiger partial charge on any atom is -0.481 e. The van der Waals surface area contributed by atoms with Gasteiger partial charge in [-0.2, -0.15) is 0 Å². The molecule has 0 fully saturated rings. The van der Waals surface area contributed by atoms with Crippen molar-refractivity contribution in [3.8, 4) is 0 Å². The first-order chi connectivity index (χ1) is 4.68. The van der Waals surface area contributed by atoms with E-state index < -0.39 is 12.1 Å². The molecule has 0 unspecified atom stereocenters. The summed E-state index contributed by atoms with van der Waals surface area (Å²) >= 11 is 0. The summed E-state index contributed by atoms with van der Waals surface area (Å²) in [4.78, 5) is 10.1. The molecule has 0 radical (unpaired) electrons. The fraction of sp³-hybridized carbons (Fsp3) is 0.571. The maximum atomic E-state index is 10.1. The number of allylic oxidation sites excluding steroid dienone is 1. The number of aliphatic carboxylic acids is 1. The quantitative estimate of drug-likeness (QED) is 0.548. The maximum absolute atomic E-state index is 10.1. The van der Waals surface area contributed by atoms with Gasteiger partial charge in [-0.15, -0.1) is 0 Å². The van der Waals surface area contributed by atoms with E-state index in [1.807, 2.05) is 0 Å². The standard InChI is InChI=1S/C7H10O3/c8-6-2-1-5(3-6)4-7(9)10/h1-2,5-6,8H,3-4H2,(H,9,10)/t5-,6+/m0/s1. The van der Waals surface area contributed by atoms with Crippen molar-refractivity contribution in [2.45, 2.75) is 18.9 Å². The fourth-order valence-corrected chi connectivity index (χ4v) is 1.13. The van der Waals surface area contributed by atoms with Crippen molar-refractivity contribution in [3.05, 3.63) is 12.2 Å². The van der Waals surface area contributed by atoms with Crippen molar-refractivity contribution < 1.29 is 15.0 Å². The van der Waals surface area contributed by atoms with E-state index in [9.17, 15) is 4.79 Å². The van der Waals surface area contributed by atoms with Gasteiger partial charge < -0.3 is 10.2 Å². The second-order valence-corrected chi connectivity index (χ2v) is 2.55. The van der Waals surface area contributed by atoms with E-state index in [1.165, 1.54) is 0 Å². The minimum absolute atomic E-state index is 0.0347. The van der Waals surface area contributed by atoms with Crippen LogP contribution in [0.15, 0.2) is 12.2 Å². The number of carboxylic acids is 1. The average molecular weight is 142 g/mol. The van der Waals surface area contributed by atoms with Crippen LogP contribution in [0.5, 0.6) is 0 Å². The van der Waals surface area contributed by atoms with Crippen LogP contribution in [0, 0.1) is 5.92 Å². The molecule has 0 bridgehead atoms. The Morgan fingerprint density at radius 2 is 2.30 bits per heavy atom. The van der Waals surface area contributed by atoms with Crippen molar-refractivity contribution in [2.75, 3.05) is 0 Å². The van der Waals surface area contributed by atoms with Crippen molar-refractivity contribution >= 4 is 5.97 Å². The normalized spacial score (nSPS) is 30.9. The van der Waals surface area contributed by atoms with Crippen LogP contribution in [0.1, 0.15) is 12.8 Å². The summed E-state index contributed by atoms with van der Waals surface area (Å²) < 4.78 is 0. The van der Waals surface area contributed by atoms with Crippen LogP contribution in [0.25, 0.3) is 0 Å². The first-order valence-electron chi connectivity index (χ1n) is 3.26. The molecule has 56 valence electrons. The lowest BCUT2D eigenvalue weighted by Gasteiger charge is -2.03. The second-order valence-electron chi connectivity index (χ2n) is 2.55. The number of hydrogen-bond acceptors (Lipinski definition) is 2. The molecule has 2 atom stereocenters. The van der Waals surface area contributed by atoms with E-state index in [4.69, 9.17) is 10.2 Å². The third-order valence-corrected chi connectivity index (χ3v) is 1.59. The second kappa shape index (κ2) is 2.84. The first-order valence-corrected chi connectivity index (χ1v) is 3.26. The molecular formula is C7H10O3. The molecule has 0 aliphatic heterocycles. The molecule has 0 saturated carbocycles. The van der Waals surface area contributed by atoms with E-state index in [1.54, 1.807) is 12.2 Å². The van der Waals surface area contributed by atoms with Gasteiger partial charge in [0.05, 0.1) is 12.5 Å². The number of aliphatic hydroxyl groups is 1. The summed E-state index contributed by atoms with van der Waals surface area (Å²) in [5.41, 5.74) is 0. The van der Waals surface area contributed by atoms with Crippen molar-refractivity contribution in [1.29, 1.82) is 0 Å². The van der Waals surface area contributed by atoms with Gasteiger partial charge in [-0.05, 0) is 12.3 Å². The Morgan fingerprint density at radius 3 is 2.70 bits per heavy atom. The van der Waals surface area contributed by atoms with E-state index in [0.29, 0.717) is 6.42 Å². The Balaban J connectivity index is 2.33. The van der Waals surface area contributed by atoms with Crippen LogP contribution >= 0.6 is 0 Å². The lowest BCUT2D eigenvalue weighted by atomic mass is 10.1. The third kappa shape index (κ3) is 1.84. The molecule has 1 aliphatic carbocycles. The summed E-state index contributed by atoms with van der Waals surface area (Å²) in [5, 5.41) is 17.3. The van der Waals surface area contributed by atoms with Crippen LogP contribution in [0.3, 0.4) is 0 Å². The Kier molecular flexibility index (Phi) is 2.06. The Bertz CT molecular complexity index is 162. The van der Waals surface area contributed by atoms with Crippen molar-refractivity contribution in [3.63, 3.8) is 0 Å². The Labute approximate surface area is 59.0 Å². The third-order valence-electron chi connectivity index (χ3n) is 1.59. The number of carboxylic acid groups (broad SMARTS) is 1. The van der Waals surface area contributed by atoms with Crippen LogP contribution in [0.4, 0.5) is 0 Å². The summed E-state index contributed by atoms with van der Waals surface area (Å²) in [6.07, 6.45) is 3.68. The Morgan fingerprint density at radius 1 is 1.60 bits per heavy atom. The SMILES string of the molecule is O=C(O)C[C@H]1C=C[C@@H](O)C1. The monoisotopic (exact) mass is 142 g/mol. The summed E-state index contributed by atoms with van der Waals surface area (Å²) in [5.74, 6) is -0.767. The van der Waals surface area contributed by atoms with Gasteiger partial charge >= 0.3 is 5.97 Å². The topological polar surface area (TPSA) is 57.5 Å².